The van der Waals surface area contributed by atoms with Crippen LogP contribution in [0.2, 0.25) is 0 Å². The maximum absolute atomic E-state index is 11.8. The first-order valence-electron chi connectivity index (χ1n) is 5.70. The number of hydrogen-bond acceptors (Lipinski definition) is 4. The fraction of sp³-hybridized carbons (Fsp3) is 0.462. The average Bonchev–Trinajstić information content (AvgIpc) is 2.18. The number of esters is 1. The molecule has 0 unspecified atom stereocenters. The van der Waals surface area contributed by atoms with Crippen LogP contribution in [-0.4, -0.2) is 18.1 Å². The molecule has 0 fully saturated rings. The normalized spacial score (nSPS) is 11.1. The molecule has 1 aromatic carbocycles. The lowest BCUT2D eigenvalue weighted by atomic mass is 10.1. The van der Waals surface area contributed by atoms with Crippen LogP contribution in [0.25, 0.3) is 0 Å². The summed E-state index contributed by atoms with van der Waals surface area (Å²) in [6.45, 7) is 8.28. The third-order valence-corrected chi connectivity index (χ3v) is 2.05. The van der Waals surface area contributed by atoms with Crippen molar-refractivity contribution in [1.82, 2.24) is 0 Å². The largest absolute Gasteiger partial charge is 0.456 e. The quantitative estimate of drug-likeness (QED) is 0.625. The molecular weight excluding hydrogens is 216 g/mol. The second-order valence-electron chi connectivity index (χ2n) is 4.83. The summed E-state index contributed by atoms with van der Waals surface area (Å²) in [6.07, 6.45) is 0. The van der Waals surface area contributed by atoms with E-state index < -0.39 is 5.60 Å². The molecule has 17 heavy (non-hydrogen) atoms. The van der Waals surface area contributed by atoms with Crippen LogP contribution in [-0.2, 0) is 4.74 Å². The zero-order chi connectivity index (χ0) is 13.1. The first-order valence-corrected chi connectivity index (χ1v) is 5.70. The SMILES string of the molecule is CCNc1ccc(C(=O)OC(C)(C)C)cc1N. The van der Waals surface area contributed by atoms with E-state index in [0.717, 1.165) is 12.2 Å². The van der Waals surface area contributed by atoms with Gasteiger partial charge in [0, 0.05) is 6.54 Å². The summed E-state index contributed by atoms with van der Waals surface area (Å²) in [6, 6.07) is 5.13. The lowest BCUT2D eigenvalue weighted by Gasteiger charge is -2.19. The maximum atomic E-state index is 11.8. The number of benzene rings is 1. The van der Waals surface area contributed by atoms with Gasteiger partial charge in [0.2, 0.25) is 0 Å². The van der Waals surface area contributed by atoms with Crippen molar-refractivity contribution in [2.45, 2.75) is 33.3 Å². The summed E-state index contributed by atoms with van der Waals surface area (Å²) in [5.74, 6) is -0.354. The molecule has 4 nitrogen and oxygen atoms in total. The number of rotatable bonds is 3. The molecule has 0 heterocycles. The van der Waals surface area contributed by atoms with E-state index >= 15 is 0 Å². The van der Waals surface area contributed by atoms with Gasteiger partial charge in [-0.1, -0.05) is 0 Å². The molecule has 0 spiro atoms. The monoisotopic (exact) mass is 236 g/mol. The van der Waals surface area contributed by atoms with Gasteiger partial charge in [0.15, 0.2) is 0 Å². The lowest BCUT2D eigenvalue weighted by molar-refractivity contribution is 0.00696. The van der Waals surface area contributed by atoms with Crippen molar-refractivity contribution in [3.8, 4) is 0 Å². The Morgan fingerprint density at radius 1 is 1.41 bits per heavy atom. The standard InChI is InChI=1S/C13H20N2O2/c1-5-15-11-7-6-9(8-10(11)14)12(16)17-13(2,3)4/h6-8,15H,5,14H2,1-4H3. The lowest BCUT2D eigenvalue weighted by Crippen LogP contribution is -2.24. The third-order valence-electron chi connectivity index (χ3n) is 2.05. The maximum Gasteiger partial charge on any atom is 0.338 e. The number of carbonyl (C=O) groups excluding carboxylic acids is 1. The van der Waals surface area contributed by atoms with Crippen molar-refractivity contribution in [3.63, 3.8) is 0 Å². The molecule has 0 atom stereocenters. The predicted octanol–water partition coefficient (Wildman–Crippen LogP) is 2.66. The molecule has 0 amide bonds. The first kappa shape index (κ1) is 13.4. The number of nitrogens with two attached hydrogens (primary N) is 1. The van der Waals surface area contributed by atoms with E-state index in [1.165, 1.54) is 0 Å². The van der Waals surface area contributed by atoms with Crippen molar-refractivity contribution in [2.75, 3.05) is 17.6 Å². The molecule has 0 radical (unpaired) electrons. The average molecular weight is 236 g/mol. The molecule has 94 valence electrons. The van der Waals surface area contributed by atoms with Crippen LogP contribution in [0.15, 0.2) is 18.2 Å². The van der Waals surface area contributed by atoms with Gasteiger partial charge in [0.25, 0.3) is 0 Å². The second kappa shape index (κ2) is 5.08. The second-order valence-corrected chi connectivity index (χ2v) is 4.83. The number of nitrogens with one attached hydrogen (secondary N) is 1. The fourth-order valence-electron chi connectivity index (χ4n) is 1.38. The fourth-order valence-corrected chi connectivity index (χ4v) is 1.38. The zero-order valence-corrected chi connectivity index (χ0v) is 10.8. The van der Waals surface area contributed by atoms with Crippen LogP contribution in [0.5, 0.6) is 0 Å². The Morgan fingerprint density at radius 2 is 2.06 bits per heavy atom. The van der Waals surface area contributed by atoms with E-state index in [-0.39, 0.29) is 5.97 Å². The Labute approximate surface area is 102 Å². The minimum atomic E-state index is -0.494. The third kappa shape index (κ3) is 3.98. The van der Waals surface area contributed by atoms with E-state index in [2.05, 4.69) is 5.32 Å². The number of carbonyl (C=O) groups is 1. The number of hydrogen-bond donors (Lipinski definition) is 2. The zero-order valence-electron chi connectivity index (χ0n) is 10.8. The van der Waals surface area contributed by atoms with Crippen LogP contribution in [0.1, 0.15) is 38.1 Å². The number of nitrogen functional groups attached to an aromatic ring is 1. The molecule has 0 aromatic heterocycles. The minimum absolute atomic E-state index is 0.354. The Bertz CT molecular complexity index is 408. The number of ether oxygens (including phenoxy) is 1. The van der Waals surface area contributed by atoms with Crippen LogP contribution < -0.4 is 11.1 Å². The minimum Gasteiger partial charge on any atom is -0.456 e. The highest BCUT2D eigenvalue weighted by molar-refractivity contribution is 5.92. The van der Waals surface area contributed by atoms with Gasteiger partial charge in [0.05, 0.1) is 16.9 Å². The van der Waals surface area contributed by atoms with Crippen LogP contribution in [0.3, 0.4) is 0 Å². The summed E-state index contributed by atoms with van der Waals surface area (Å²) < 4.78 is 5.26. The molecule has 3 N–H and O–H groups in total. The van der Waals surface area contributed by atoms with Crippen molar-refractivity contribution in [1.29, 1.82) is 0 Å². The molecule has 0 aliphatic heterocycles. The highest BCUT2D eigenvalue weighted by Crippen LogP contribution is 2.21. The smallest absolute Gasteiger partial charge is 0.338 e. The first-order chi connectivity index (χ1) is 7.83. The van der Waals surface area contributed by atoms with E-state index in [1.807, 2.05) is 27.7 Å². The summed E-state index contributed by atoms with van der Waals surface area (Å²) in [5, 5.41) is 3.11. The van der Waals surface area contributed by atoms with Gasteiger partial charge < -0.3 is 15.8 Å². The van der Waals surface area contributed by atoms with Gasteiger partial charge in [-0.25, -0.2) is 4.79 Å². The summed E-state index contributed by atoms with van der Waals surface area (Å²) in [7, 11) is 0. The molecule has 1 rings (SSSR count). The molecule has 0 saturated carbocycles. The van der Waals surface area contributed by atoms with Gasteiger partial charge >= 0.3 is 5.97 Å². The van der Waals surface area contributed by atoms with Gasteiger partial charge in [0.1, 0.15) is 5.60 Å². The molecule has 0 bridgehead atoms. The molecule has 0 aliphatic carbocycles. The van der Waals surface area contributed by atoms with Crippen LogP contribution in [0, 0.1) is 0 Å². The Kier molecular flexibility index (Phi) is 3.99. The van der Waals surface area contributed by atoms with Crippen LogP contribution in [0.4, 0.5) is 11.4 Å². The Morgan fingerprint density at radius 3 is 2.53 bits per heavy atom. The van der Waals surface area contributed by atoms with Crippen molar-refractivity contribution >= 4 is 17.3 Å². The van der Waals surface area contributed by atoms with E-state index in [1.54, 1.807) is 18.2 Å². The van der Waals surface area contributed by atoms with Gasteiger partial charge in [-0.15, -0.1) is 0 Å². The van der Waals surface area contributed by atoms with Crippen molar-refractivity contribution in [2.24, 2.45) is 0 Å². The topological polar surface area (TPSA) is 64.3 Å². The summed E-state index contributed by atoms with van der Waals surface area (Å²) >= 11 is 0. The molecule has 0 aliphatic rings. The predicted molar refractivity (Wildman–Crippen MR) is 70.2 cm³/mol. The van der Waals surface area contributed by atoms with E-state index in [9.17, 15) is 4.79 Å². The van der Waals surface area contributed by atoms with Crippen molar-refractivity contribution < 1.29 is 9.53 Å². The molecule has 0 saturated heterocycles. The molecular formula is C13H20N2O2. The highest BCUT2D eigenvalue weighted by atomic mass is 16.6. The summed E-state index contributed by atoms with van der Waals surface area (Å²) in [4.78, 5) is 11.8. The van der Waals surface area contributed by atoms with Crippen molar-refractivity contribution in [3.05, 3.63) is 23.8 Å². The van der Waals surface area contributed by atoms with Gasteiger partial charge in [-0.3, -0.25) is 0 Å². The Balaban J connectivity index is 2.86. The molecule has 1 aromatic rings. The summed E-state index contributed by atoms with van der Waals surface area (Å²) in [5.41, 5.74) is 7.20. The highest BCUT2D eigenvalue weighted by Gasteiger charge is 2.18. The number of anilines is 2. The Hall–Kier alpha value is -1.71. The van der Waals surface area contributed by atoms with E-state index in [4.69, 9.17) is 10.5 Å². The van der Waals surface area contributed by atoms with E-state index in [0.29, 0.717) is 11.3 Å². The van der Waals surface area contributed by atoms with Gasteiger partial charge in [-0.2, -0.15) is 0 Å². The molecule has 4 heteroatoms. The van der Waals surface area contributed by atoms with Crippen LogP contribution >= 0.6 is 0 Å². The van der Waals surface area contributed by atoms with Gasteiger partial charge in [-0.05, 0) is 45.9 Å².